The van der Waals surface area contributed by atoms with Crippen LogP contribution in [0.1, 0.15) is 18.4 Å². The zero-order chi connectivity index (χ0) is 10.8. The Kier molecular flexibility index (Phi) is 2.68. The van der Waals surface area contributed by atoms with Crippen LogP contribution in [0.15, 0.2) is 24.3 Å². The number of nitrogens with zero attached hydrogens (tertiary/aromatic N) is 1. The van der Waals surface area contributed by atoms with Crippen LogP contribution in [0.2, 0.25) is 0 Å². The van der Waals surface area contributed by atoms with Gasteiger partial charge < -0.3 is 5.32 Å². The van der Waals surface area contributed by atoms with E-state index in [4.69, 9.17) is 0 Å². The maximum absolute atomic E-state index is 10.5. The van der Waals surface area contributed by atoms with E-state index in [1.54, 1.807) is 12.1 Å². The van der Waals surface area contributed by atoms with E-state index < -0.39 is 0 Å². The Labute approximate surface area is 88.5 Å². The molecule has 1 saturated heterocycles. The first-order valence-electron chi connectivity index (χ1n) is 5.13. The summed E-state index contributed by atoms with van der Waals surface area (Å²) in [5.74, 6) is 1.09. The van der Waals surface area contributed by atoms with Crippen LogP contribution in [0.5, 0.6) is 0 Å². The van der Waals surface area contributed by atoms with E-state index in [-0.39, 0.29) is 10.6 Å². The van der Waals surface area contributed by atoms with E-state index in [0.717, 1.165) is 13.1 Å². The molecule has 1 fully saturated rings. The average Bonchev–Trinajstić information content (AvgIpc) is 2.65. The Morgan fingerprint density at radius 2 is 2.00 bits per heavy atom. The van der Waals surface area contributed by atoms with Crippen LogP contribution in [0.3, 0.4) is 0 Å². The van der Waals surface area contributed by atoms with E-state index in [1.807, 2.05) is 12.1 Å². The zero-order valence-corrected chi connectivity index (χ0v) is 8.64. The third kappa shape index (κ3) is 1.99. The van der Waals surface area contributed by atoms with Gasteiger partial charge in [0.05, 0.1) is 4.92 Å². The van der Waals surface area contributed by atoms with Gasteiger partial charge in [0.25, 0.3) is 5.69 Å². The molecule has 1 aliphatic heterocycles. The van der Waals surface area contributed by atoms with Gasteiger partial charge in [0.1, 0.15) is 0 Å². The molecule has 80 valence electrons. The number of nitrogens with one attached hydrogen (secondary N) is 1. The molecule has 0 amide bonds. The van der Waals surface area contributed by atoms with Gasteiger partial charge >= 0.3 is 0 Å². The SMILES string of the molecule is C[C@@H]1CNC[C@H]1c1ccc([N+](=O)[O-])cc1. The molecule has 1 aromatic carbocycles. The summed E-state index contributed by atoms with van der Waals surface area (Å²) in [5, 5.41) is 13.8. The summed E-state index contributed by atoms with van der Waals surface area (Å²) in [5.41, 5.74) is 1.36. The molecule has 0 unspecified atom stereocenters. The first-order valence-corrected chi connectivity index (χ1v) is 5.13. The van der Waals surface area contributed by atoms with Crippen LogP contribution in [0, 0.1) is 16.0 Å². The maximum Gasteiger partial charge on any atom is 0.269 e. The first-order chi connectivity index (χ1) is 7.18. The lowest BCUT2D eigenvalue weighted by molar-refractivity contribution is -0.384. The zero-order valence-electron chi connectivity index (χ0n) is 8.64. The summed E-state index contributed by atoms with van der Waals surface area (Å²) < 4.78 is 0. The molecule has 4 nitrogen and oxygen atoms in total. The predicted octanol–water partition coefficient (Wildman–Crippen LogP) is 1.92. The van der Waals surface area contributed by atoms with Crippen molar-refractivity contribution < 1.29 is 4.92 Å². The fourth-order valence-corrected chi connectivity index (χ4v) is 2.10. The van der Waals surface area contributed by atoms with Crippen LogP contribution >= 0.6 is 0 Å². The minimum absolute atomic E-state index is 0.164. The van der Waals surface area contributed by atoms with Gasteiger partial charge in [-0.15, -0.1) is 0 Å². The minimum atomic E-state index is -0.361. The molecule has 15 heavy (non-hydrogen) atoms. The molecule has 1 aromatic rings. The number of hydrogen-bond donors (Lipinski definition) is 1. The van der Waals surface area contributed by atoms with Crippen LogP contribution in [-0.2, 0) is 0 Å². The van der Waals surface area contributed by atoms with Crippen LogP contribution in [0.25, 0.3) is 0 Å². The van der Waals surface area contributed by atoms with Gasteiger partial charge in [0.15, 0.2) is 0 Å². The van der Waals surface area contributed by atoms with Crippen molar-refractivity contribution in [2.45, 2.75) is 12.8 Å². The molecular formula is C11H14N2O2. The number of nitro groups is 1. The number of rotatable bonds is 2. The van der Waals surface area contributed by atoms with Gasteiger partial charge in [-0.25, -0.2) is 0 Å². The van der Waals surface area contributed by atoms with Crippen molar-refractivity contribution in [2.24, 2.45) is 5.92 Å². The van der Waals surface area contributed by atoms with E-state index in [0.29, 0.717) is 11.8 Å². The topological polar surface area (TPSA) is 55.2 Å². The molecule has 0 saturated carbocycles. The Balaban J connectivity index is 2.19. The van der Waals surface area contributed by atoms with Gasteiger partial charge in [-0.1, -0.05) is 19.1 Å². The molecule has 0 spiro atoms. The Morgan fingerprint density at radius 1 is 1.33 bits per heavy atom. The largest absolute Gasteiger partial charge is 0.316 e. The quantitative estimate of drug-likeness (QED) is 0.594. The normalized spacial score (nSPS) is 25.4. The van der Waals surface area contributed by atoms with Gasteiger partial charge in [-0.2, -0.15) is 0 Å². The molecular weight excluding hydrogens is 192 g/mol. The van der Waals surface area contributed by atoms with E-state index in [1.165, 1.54) is 5.56 Å². The number of non-ortho nitro benzene ring substituents is 1. The summed E-state index contributed by atoms with van der Waals surface area (Å²) in [4.78, 5) is 10.1. The van der Waals surface area contributed by atoms with Gasteiger partial charge in [-0.05, 0) is 18.0 Å². The second-order valence-electron chi connectivity index (χ2n) is 4.09. The number of benzene rings is 1. The van der Waals surface area contributed by atoms with Gasteiger partial charge in [-0.3, -0.25) is 10.1 Å². The highest BCUT2D eigenvalue weighted by Crippen LogP contribution is 2.28. The van der Waals surface area contributed by atoms with Gasteiger partial charge in [0.2, 0.25) is 0 Å². The predicted molar refractivity (Wildman–Crippen MR) is 57.9 cm³/mol. The van der Waals surface area contributed by atoms with Crippen LogP contribution < -0.4 is 5.32 Å². The lowest BCUT2D eigenvalue weighted by Gasteiger charge is -2.13. The molecule has 1 aliphatic rings. The van der Waals surface area contributed by atoms with Crippen molar-refractivity contribution in [2.75, 3.05) is 13.1 Å². The van der Waals surface area contributed by atoms with E-state index in [2.05, 4.69) is 12.2 Å². The highest BCUT2D eigenvalue weighted by atomic mass is 16.6. The Morgan fingerprint density at radius 3 is 2.47 bits per heavy atom. The summed E-state index contributed by atoms with van der Waals surface area (Å²) in [6.07, 6.45) is 0. The van der Waals surface area contributed by atoms with Crippen molar-refractivity contribution in [1.29, 1.82) is 0 Å². The van der Waals surface area contributed by atoms with E-state index in [9.17, 15) is 10.1 Å². The fourth-order valence-electron chi connectivity index (χ4n) is 2.10. The number of nitro benzene ring substituents is 1. The third-order valence-electron chi connectivity index (χ3n) is 3.05. The lowest BCUT2D eigenvalue weighted by Crippen LogP contribution is -2.07. The van der Waals surface area contributed by atoms with Crippen molar-refractivity contribution >= 4 is 5.69 Å². The molecule has 2 rings (SSSR count). The molecule has 0 radical (unpaired) electrons. The molecule has 1 N–H and O–H groups in total. The fraction of sp³-hybridized carbons (Fsp3) is 0.455. The average molecular weight is 206 g/mol. The molecule has 4 heteroatoms. The standard InChI is InChI=1S/C11H14N2O2/c1-8-6-12-7-11(8)9-2-4-10(5-3-9)13(14)15/h2-5,8,11-12H,6-7H2,1H3/t8-,11-/m1/s1. The Bertz CT molecular complexity index is 361. The van der Waals surface area contributed by atoms with Crippen LogP contribution in [0.4, 0.5) is 5.69 Å². The molecule has 1 heterocycles. The van der Waals surface area contributed by atoms with Crippen molar-refractivity contribution in [3.05, 3.63) is 39.9 Å². The van der Waals surface area contributed by atoms with Crippen molar-refractivity contribution in [3.63, 3.8) is 0 Å². The maximum atomic E-state index is 10.5. The van der Waals surface area contributed by atoms with E-state index >= 15 is 0 Å². The second kappa shape index (κ2) is 3.98. The summed E-state index contributed by atoms with van der Waals surface area (Å²) in [7, 11) is 0. The highest BCUT2D eigenvalue weighted by molar-refractivity contribution is 5.35. The Hall–Kier alpha value is -1.42. The molecule has 0 aliphatic carbocycles. The van der Waals surface area contributed by atoms with Crippen molar-refractivity contribution in [1.82, 2.24) is 5.32 Å². The summed E-state index contributed by atoms with van der Waals surface area (Å²) in [6, 6.07) is 6.90. The summed E-state index contributed by atoms with van der Waals surface area (Å²) in [6.45, 7) is 4.20. The summed E-state index contributed by atoms with van der Waals surface area (Å²) >= 11 is 0. The lowest BCUT2D eigenvalue weighted by atomic mass is 9.90. The van der Waals surface area contributed by atoms with Crippen LogP contribution in [-0.4, -0.2) is 18.0 Å². The molecule has 2 atom stereocenters. The monoisotopic (exact) mass is 206 g/mol. The first kappa shape index (κ1) is 10.1. The molecule has 0 aromatic heterocycles. The second-order valence-corrected chi connectivity index (χ2v) is 4.09. The van der Waals surface area contributed by atoms with Gasteiger partial charge in [0, 0.05) is 24.6 Å². The third-order valence-corrected chi connectivity index (χ3v) is 3.05. The number of hydrogen-bond acceptors (Lipinski definition) is 3. The highest BCUT2D eigenvalue weighted by Gasteiger charge is 2.24. The smallest absolute Gasteiger partial charge is 0.269 e. The van der Waals surface area contributed by atoms with Crippen molar-refractivity contribution in [3.8, 4) is 0 Å². The minimum Gasteiger partial charge on any atom is -0.316 e. The molecule has 0 bridgehead atoms.